The number of carbonyl (C=O) groups excluding carboxylic acids is 2. The molecule has 0 unspecified atom stereocenters. The summed E-state index contributed by atoms with van der Waals surface area (Å²) in [5.74, 6) is -1.15. The first-order chi connectivity index (χ1) is 11.0. The molecule has 1 aromatic heterocycles. The van der Waals surface area contributed by atoms with Gasteiger partial charge < -0.3 is 14.6 Å². The highest BCUT2D eigenvalue weighted by atomic mass is 35.5. The SMILES string of the molecule is Cc1ccc(Cl)cc1NC(=O)COC(=O)Cn1ccccc1=O. The topological polar surface area (TPSA) is 77.4 Å². The Morgan fingerprint density at radius 3 is 2.78 bits per heavy atom. The van der Waals surface area contributed by atoms with Crippen molar-refractivity contribution in [3.63, 3.8) is 0 Å². The Balaban J connectivity index is 1.87. The maximum atomic E-state index is 11.8. The molecule has 0 bridgehead atoms. The number of hydrogen-bond donors (Lipinski definition) is 1. The first kappa shape index (κ1) is 16.8. The summed E-state index contributed by atoms with van der Waals surface area (Å²) in [6.07, 6.45) is 1.47. The number of halogens is 1. The van der Waals surface area contributed by atoms with Crippen LogP contribution in [0.5, 0.6) is 0 Å². The fourth-order valence-electron chi connectivity index (χ4n) is 1.84. The van der Waals surface area contributed by atoms with Crippen LogP contribution in [-0.2, 0) is 20.9 Å². The summed E-state index contributed by atoms with van der Waals surface area (Å²) in [6, 6.07) is 9.63. The van der Waals surface area contributed by atoms with Crippen LogP contribution in [0, 0.1) is 6.92 Å². The number of nitrogens with one attached hydrogen (secondary N) is 1. The molecule has 0 saturated heterocycles. The molecule has 23 heavy (non-hydrogen) atoms. The molecule has 0 aliphatic heterocycles. The van der Waals surface area contributed by atoms with Gasteiger partial charge in [-0.3, -0.25) is 14.4 Å². The third-order valence-electron chi connectivity index (χ3n) is 3.04. The van der Waals surface area contributed by atoms with Crippen molar-refractivity contribution in [2.75, 3.05) is 11.9 Å². The number of benzene rings is 1. The van der Waals surface area contributed by atoms with E-state index in [2.05, 4.69) is 5.32 Å². The largest absolute Gasteiger partial charge is 0.454 e. The third-order valence-corrected chi connectivity index (χ3v) is 3.27. The highest BCUT2D eigenvalue weighted by Gasteiger charge is 2.10. The Morgan fingerprint density at radius 2 is 2.04 bits per heavy atom. The van der Waals surface area contributed by atoms with Crippen LogP contribution in [0.25, 0.3) is 0 Å². The first-order valence-electron chi connectivity index (χ1n) is 6.83. The summed E-state index contributed by atoms with van der Waals surface area (Å²) >= 11 is 5.86. The Labute approximate surface area is 137 Å². The molecule has 0 atom stereocenters. The van der Waals surface area contributed by atoms with Crippen molar-refractivity contribution >= 4 is 29.2 Å². The lowest BCUT2D eigenvalue weighted by molar-refractivity contribution is -0.147. The number of aromatic nitrogens is 1. The molecule has 0 saturated carbocycles. The second-order valence-electron chi connectivity index (χ2n) is 4.83. The molecule has 2 rings (SSSR count). The zero-order valence-electron chi connectivity index (χ0n) is 12.4. The Morgan fingerprint density at radius 1 is 1.26 bits per heavy atom. The zero-order chi connectivity index (χ0) is 16.8. The Hall–Kier alpha value is -2.60. The molecule has 6 nitrogen and oxygen atoms in total. The van der Waals surface area contributed by atoms with Gasteiger partial charge in [0.15, 0.2) is 6.61 Å². The van der Waals surface area contributed by atoms with Crippen LogP contribution in [0.15, 0.2) is 47.4 Å². The van der Waals surface area contributed by atoms with E-state index in [9.17, 15) is 14.4 Å². The molecule has 2 aromatic rings. The van der Waals surface area contributed by atoms with Gasteiger partial charge in [-0.1, -0.05) is 23.7 Å². The third kappa shape index (κ3) is 4.96. The van der Waals surface area contributed by atoms with E-state index in [4.69, 9.17) is 16.3 Å². The monoisotopic (exact) mass is 334 g/mol. The molecule has 0 aliphatic carbocycles. The summed E-state index contributed by atoms with van der Waals surface area (Å²) in [6.45, 7) is 1.13. The molecule has 7 heteroatoms. The van der Waals surface area contributed by atoms with Gasteiger partial charge in [-0.2, -0.15) is 0 Å². The minimum atomic E-state index is -0.670. The Kier molecular flexibility index (Phi) is 5.54. The number of ether oxygens (including phenoxy) is 1. The van der Waals surface area contributed by atoms with Gasteiger partial charge in [0.2, 0.25) is 0 Å². The van der Waals surface area contributed by atoms with Crippen LogP contribution in [0.4, 0.5) is 5.69 Å². The molecule has 1 aromatic carbocycles. The second-order valence-corrected chi connectivity index (χ2v) is 5.27. The van der Waals surface area contributed by atoms with Crippen LogP contribution in [0.2, 0.25) is 5.02 Å². The summed E-state index contributed by atoms with van der Waals surface area (Å²) in [5.41, 5.74) is 1.08. The van der Waals surface area contributed by atoms with Gasteiger partial charge in [0.1, 0.15) is 6.54 Å². The van der Waals surface area contributed by atoms with Gasteiger partial charge in [0.25, 0.3) is 11.5 Å². The van der Waals surface area contributed by atoms with Crippen molar-refractivity contribution in [1.29, 1.82) is 0 Å². The van der Waals surface area contributed by atoms with Gasteiger partial charge in [-0.15, -0.1) is 0 Å². The number of anilines is 1. The Bertz CT molecular complexity index is 786. The van der Waals surface area contributed by atoms with Crippen molar-refractivity contribution < 1.29 is 14.3 Å². The molecular formula is C16H15ClN2O4. The number of amides is 1. The standard InChI is InChI=1S/C16H15ClN2O4/c1-11-5-6-12(17)8-13(11)18-14(20)10-23-16(22)9-19-7-3-2-4-15(19)21/h2-8H,9-10H2,1H3,(H,18,20). The molecule has 120 valence electrons. The lowest BCUT2D eigenvalue weighted by Gasteiger charge is -2.10. The lowest BCUT2D eigenvalue weighted by Crippen LogP contribution is -2.27. The summed E-state index contributed by atoms with van der Waals surface area (Å²) in [7, 11) is 0. The quantitative estimate of drug-likeness (QED) is 0.848. The predicted octanol–water partition coefficient (Wildman–Crippen LogP) is 1.99. The van der Waals surface area contributed by atoms with E-state index in [0.29, 0.717) is 10.7 Å². The van der Waals surface area contributed by atoms with Crippen LogP contribution < -0.4 is 10.9 Å². The van der Waals surface area contributed by atoms with Gasteiger partial charge in [-0.25, -0.2) is 0 Å². The van der Waals surface area contributed by atoms with Crippen LogP contribution in [0.3, 0.4) is 0 Å². The van der Waals surface area contributed by atoms with E-state index in [1.807, 2.05) is 6.92 Å². The molecule has 0 radical (unpaired) electrons. The number of carbonyl (C=O) groups is 2. The second kappa shape index (κ2) is 7.60. The van der Waals surface area contributed by atoms with Crippen LogP contribution >= 0.6 is 11.6 Å². The van der Waals surface area contributed by atoms with Gasteiger partial charge in [-0.05, 0) is 30.7 Å². The number of rotatable bonds is 5. The van der Waals surface area contributed by atoms with Crippen molar-refractivity contribution in [3.8, 4) is 0 Å². The van der Waals surface area contributed by atoms with Crippen molar-refractivity contribution in [3.05, 3.63) is 63.5 Å². The maximum Gasteiger partial charge on any atom is 0.326 e. The zero-order valence-corrected chi connectivity index (χ0v) is 13.2. The van der Waals surface area contributed by atoms with Crippen molar-refractivity contribution in [2.24, 2.45) is 0 Å². The summed E-state index contributed by atoms with van der Waals surface area (Å²) in [4.78, 5) is 34.9. The van der Waals surface area contributed by atoms with E-state index in [0.717, 1.165) is 5.56 Å². The van der Waals surface area contributed by atoms with E-state index < -0.39 is 18.5 Å². The van der Waals surface area contributed by atoms with E-state index in [-0.39, 0.29) is 12.1 Å². The molecule has 0 aliphatic rings. The number of nitrogens with zero attached hydrogens (tertiary/aromatic N) is 1. The van der Waals surface area contributed by atoms with Crippen molar-refractivity contribution in [1.82, 2.24) is 4.57 Å². The summed E-state index contributed by atoms with van der Waals surface area (Å²) < 4.78 is 6.06. The van der Waals surface area contributed by atoms with Gasteiger partial charge in [0.05, 0.1) is 0 Å². The highest BCUT2D eigenvalue weighted by molar-refractivity contribution is 6.31. The van der Waals surface area contributed by atoms with E-state index in [1.54, 1.807) is 30.3 Å². The predicted molar refractivity (Wildman–Crippen MR) is 86.5 cm³/mol. The fraction of sp³-hybridized carbons (Fsp3) is 0.188. The average molecular weight is 335 g/mol. The maximum absolute atomic E-state index is 11.8. The normalized spacial score (nSPS) is 10.2. The number of hydrogen-bond acceptors (Lipinski definition) is 4. The van der Waals surface area contributed by atoms with Crippen molar-refractivity contribution in [2.45, 2.75) is 13.5 Å². The first-order valence-corrected chi connectivity index (χ1v) is 7.20. The van der Waals surface area contributed by atoms with Crippen LogP contribution in [-0.4, -0.2) is 23.1 Å². The highest BCUT2D eigenvalue weighted by Crippen LogP contribution is 2.19. The molecule has 1 N–H and O–H groups in total. The molecule has 0 fully saturated rings. The lowest BCUT2D eigenvalue weighted by atomic mass is 10.2. The average Bonchev–Trinajstić information content (AvgIpc) is 2.51. The smallest absolute Gasteiger partial charge is 0.326 e. The number of aryl methyl sites for hydroxylation is 1. The number of esters is 1. The molecule has 0 spiro atoms. The van der Waals surface area contributed by atoms with E-state index in [1.165, 1.54) is 16.8 Å². The van der Waals surface area contributed by atoms with Crippen LogP contribution in [0.1, 0.15) is 5.56 Å². The molecule has 1 heterocycles. The minimum absolute atomic E-state index is 0.247. The molecular weight excluding hydrogens is 320 g/mol. The van der Waals surface area contributed by atoms with Gasteiger partial charge >= 0.3 is 5.97 Å². The van der Waals surface area contributed by atoms with E-state index >= 15 is 0 Å². The minimum Gasteiger partial charge on any atom is -0.454 e. The number of pyridine rings is 1. The fourth-order valence-corrected chi connectivity index (χ4v) is 2.01. The summed E-state index contributed by atoms with van der Waals surface area (Å²) in [5, 5.41) is 3.10. The van der Waals surface area contributed by atoms with Gasteiger partial charge in [0, 0.05) is 23.0 Å². The molecule has 1 amide bonds.